The van der Waals surface area contributed by atoms with Crippen LogP contribution >= 0.6 is 11.6 Å². The van der Waals surface area contributed by atoms with Gasteiger partial charge in [-0.2, -0.15) is 0 Å². The van der Waals surface area contributed by atoms with E-state index in [0.717, 1.165) is 6.42 Å². The number of methoxy groups -OCH3 is 1. The second kappa shape index (κ2) is 6.80. The molecule has 1 heterocycles. The number of halogens is 1. The van der Waals surface area contributed by atoms with Gasteiger partial charge in [-0.1, -0.05) is 11.6 Å². The first-order valence-electron chi connectivity index (χ1n) is 6.83. The topological polar surface area (TPSA) is 55.8 Å². The number of nitrogens with zero attached hydrogens (tertiary/aromatic N) is 1. The molecule has 0 radical (unpaired) electrons. The lowest BCUT2D eigenvalue weighted by Gasteiger charge is -2.26. The number of ether oxygens (including phenoxy) is 2. The summed E-state index contributed by atoms with van der Waals surface area (Å²) in [6.45, 7) is 2.22. The average molecular weight is 312 g/mol. The van der Waals surface area contributed by atoms with Gasteiger partial charge in [-0.15, -0.1) is 0 Å². The van der Waals surface area contributed by atoms with E-state index in [-0.39, 0.29) is 11.9 Å². The summed E-state index contributed by atoms with van der Waals surface area (Å²) in [5.74, 6) is -0.0218. The van der Waals surface area contributed by atoms with Gasteiger partial charge in [0.05, 0.1) is 7.11 Å². The molecule has 6 heteroatoms. The van der Waals surface area contributed by atoms with Crippen LogP contribution in [0.25, 0.3) is 0 Å². The monoisotopic (exact) mass is 311 g/mol. The van der Waals surface area contributed by atoms with Gasteiger partial charge >= 0.3 is 5.97 Å². The maximum Gasteiger partial charge on any atom is 0.328 e. The number of rotatable bonds is 4. The molecule has 2 unspecified atom stereocenters. The van der Waals surface area contributed by atoms with Gasteiger partial charge in [0, 0.05) is 11.6 Å². The maximum absolute atomic E-state index is 12.4. The highest BCUT2D eigenvalue weighted by molar-refractivity contribution is 6.30. The molecule has 5 nitrogen and oxygen atoms in total. The molecule has 2 atom stereocenters. The van der Waals surface area contributed by atoms with Gasteiger partial charge < -0.3 is 14.4 Å². The van der Waals surface area contributed by atoms with E-state index >= 15 is 0 Å². The number of esters is 1. The summed E-state index contributed by atoms with van der Waals surface area (Å²) >= 11 is 5.80. The molecule has 1 aromatic rings. The second-order valence-electron chi connectivity index (χ2n) is 4.93. The van der Waals surface area contributed by atoms with Crippen LogP contribution in [0.1, 0.15) is 19.8 Å². The van der Waals surface area contributed by atoms with Crippen molar-refractivity contribution in [3.63, 3.8) is 0 Å². The third-order valence-corrected chi connectivity index (χ3v) is 3.74. The summed E-state index contributed by atoms with van der Waals surface area (Å²) < 4.78 is 10.3. The minimum absolute atomic E-state index is 0.210. The van der Waals surface area contributed by atoms with Crippen LogP contribution in [0.2, 0.25) is 5.02 Å². The predicted octanol–water partition coefficient (Wildman–Crippen LogP) is 2.27. The van der Waals surface area contributed by atoms with Crippen molar-refractivity contribution >= 4 is 23.5 Å². The number of benzene rings is 1. The molecule has 1 fully saturated rings. The average Bonchev–Trinajstić information content (AvgIpc) is 2.97. The third-order valence-electron chi connectivity index (χ3n) is 3.48. The van der Waals surface area contributed by atoms with E-state index in [9.17, 15) is 9.59 Å². The molecule has 21 heavy (non-hydrogen) atoms. The van der Waals surface area contributed by atoms with Crippen LogP contribution in [0, 0.1) is 0 Å². The van der Waals surface area contributed by atoms with E-state index < -0.39 is 12.1 Å². The predicted molar refractivity (Wildman–Crippen MR) is 78.3 cm³/mol. The van der Waals surface area contributed by atoms with Crippen LogP contribution in [0.5, 0.6) is 5.75 Å². The van der Waals surface area contributed by atoms with Crippen molar-refractivity contribution in [2.75, 3.05) is 13.7 Å². The summed E-state index contributed by atoms with van der Waals surface area (Å²) in [4.78, 5) is 25.6. The molecular formula is C15H18ClNO4. The highest BCUT2D eigenvalue weighted by atomic mass is 35.5. The number of hydrogen-bond donors (Lipinski definition) is 0. The minimum atomic E-state index is -0.670. The molecule has 0 aliphatic carbocycles. The van der Waals surface area contributed by atoms with Gasteiger partial charge in [-0.3, -0.25) is 4.79 Å². The Morgan fingerprint density at radius 1 is 1.33 bits per heavy atom. The Morgan fingerprint density at radius 3 is 2.62 bits per heavy atom. The zero-order valence-corrected chi connectivity index (χ0v) is 12.8. The van der Waals surface area contributed by atoms with Crippen molar-refractivity contribution in [1.29, 1.82) is 0 Å². The van der Waals surface area contributed by atoms with E-state index in [1.807, 2.05) is 0 Å². The quantitative estimate of drug-likeness (QED) is 0.800. The summed E-state index contributed by atoms with van der Waals surface area (Å²) in [6, 6.07) is 6.29. The molecule has 1 aromatic carbocycles. The van der Waals surface area contributed by atoms with Gasteiger partial charge in [0.15, 0.2) is 6.10 Å². The molecule has 0 N–H and O–H groups in total. The first-order chi connectivity index (χ1) is 10.0. The van der Waals surface area contributed by atoms with Gasteiger partial charge in [0.25, 0.3) is 5.91 Å². The molecule has 114 valence electrons. The van der Waals surface area contributed by atoms with Gasteiger partial charge in [0.1, 0.15) is 11.8 Å². The third kappa shape index (κ3) is 3.67. The van der Waals surface area contributed by atoms with Crippen molar-refractivity contribution in [3.05, 3.63) is 29.3 Å². The smallest absolute Gasteiger partial charge is 0.328 e. The van der Waals surface area contributed by atoms with Gasteiger partial charge in [-0.25, -0.2) is 4.79 Å². The first-order valence-corrected chi connectivity index (χ1v) is 7.21. The van der Waals surface area contributed by atoms with Crippen molar-refractivity contribution in [3.8, 4) is 5.75 Å². The van der Waals surface area contributed by atoms with E-state index in [4.69, 9.17) is 21.1 Å². The Balaban J connectivity index is 2.01. The summed E-state index contributed by atoms with van der Waals surface area (Å²) in [7, 11) is 1.33. The van der Waals surface area contributed by atoms with Gasteiger partial charge in [-0.05, 0) is 44.0 Å². The van der Waals surface area contributed by atoms with E-state index in [1.165, 1.54) is 12.0 Å². The van der Waals surface area contributed by atoms with Crippen LogP contribution in [0.4, 0.5) is 0 Å². The minimum Gasteiger partial charge on any atom is -0.481 e. The summed E-state index contributed by atoms with van der Waals surface area (Å²) in [5.41, 5.74) is 0. The lowest BCUT2D eigenvalue weighted by atomic mass is 10.2. The Bertz CT molecular complexity index is 517. The van der Waals surface area contributed by atoms with Crippen LogP contribution in [-0.4, -0.2) is 42.6 Å². The molecule has 1 saturated heterocycles. The summed E-state index contributed by atoms with van der Waals surface area (Å²) in [6.07, 6.45) is 0.752. The molecule has 0 bridgehead atoms. The first kappa shape index (κ1) is 15.6. The molecule has 0 aromatic heterocycles. The van der Waals surface area contributed by atoms with Crippen LogP contribution in [0.3, 0.4) is 0 Å². The number of carbonyl (C=O) groups is 2. The summed E-state index contributed by atoms with van der Waals surface area (Å²) in [5, 5.41) is 0.603. The van der Waals surface area contributed by atoms with Crippen molar-refractivity contribution in [2.24, 2.45) is 0 Å². The highest BCUT2D eigenvalue weighted by Gasteiger charge is 2.37. The normalized spacial score (nSPS) is 19.2. The van der Waals surface area contributed by atoms with Crippen molar-refractivity contribution in [2.45, 2.75) is 31.9 Å². The standard InChI is InChI=1S/C15H18ClNO4/c1-10(21-12-7-5-11(16)6-8-12)14(18)17-9-3-4-13(17)15(19)20-2/h5-8,10,13H,3-4,9H2,1-2H3. The zero-order chi connectivity index (χ0) is 15.4. The molecule has 0 saturated carbocycles. The number of likely N-dealkylation sites (tertiary alicyclic amines) is 1. The maximum atomic E-state index is 12.4. The lowest BCUT2D eigenvalue weighted by molar-refractivity contribution is -0.153. The van der Waals surface area contributed by atoms with Crippen molar-refractivity contribution < 1.29 is 19.1 Å². The Morgan fingerprint density at radius 2 is 2.00 bits per heavy atom. The second-order valence-corrected chi connectivity index (χ2v) is 5.36. The van der Waals surface area contributed by atoms with Crippen LogP contribution < -0.4 is 4.74 Å². The van der Waals surface area contributed by atoms with Crippen molar-refractivity contribution in [1.82, 2.24) is 4.90 Å². The van der Waals surface area contributed by atoms with Crippen LogP contribution in [0.15, 0.2) is 24.3 Å². The number of amides is 1. The fourth-order valence-corrected chi connectivity index (χ4v) is 2.54. The molecule has 2 rings (SSSR count). The Kier molecular flexibility index (Phi) is 5.07. The fraction of sp³-hybridized carbons (Fsp3) is 0.467. The molecule has 1 aliphatic heterocycles. The molecule has 0 spiro atoms. The fourth-order valence-electron chi connectivity index (χ4n) is 2.41. The highest BCUT2D eigenvalue weighted by Crippen LogP contribution is 2.22. The Hall–Kier alpha value is -1.75. The largest absolute Gasteiger partial charge is 0.481 e. The SMILES string of the molecule is COC(=O)C1CCCN1C(=O)C(C)Oc1ccc(Cl)cc1. The van der Waals surface area contributed by atoms with E-state index in [1.54, 1.807) is 31.2 Å². The zero-order valence-electron chi connectivity index (χ0n) is 12.0. The molecular weight excluding hydrogens is 294 g/mol. The number of hydrogen-bond acceptors (Lipinski definition) is 4. The van der Waals surface area contributed by atoms with Gasteiger partial charge in [0.2, 0.25) is 0 Å². The Labute approximate surface area is 128 Å². The molecule has 1 amide bonds. The lowest BCUT2D eigenvalue weighted by Crippen LogP contribution is -2.46. The molecule has 1 aliphatic rings. The van der Waals surface area contributed by atoms with E-state index in [0.29, 0.717) is 23.7 Å². The van der Waals surface area contributed by atoms with Crippen LogP contribution in [-0.2, 0) is 14.3 Å². The number of carbonyl (C=O) groups excluding carboxylic acids is 2. The van der Waals surface area contributed by atoms with E-state index in [2.05, 4.69) is 0 Å².